The second-order valence-electron chi connectivity index (χ2n) is 5.11. The predicted molar refractivity (Wildman–Crippen MR) is 71.5 cm³/mol. The molecule has 1 saturated heterocycles. The van der Waals surface area contributed by atoms with Crippen LogP contribution in [0.15, 0.2) is 12.7 Å². The van der Waals surface area contributed by atoms with E-state index in [0.29, 0.717) is 6.42 Å². The summed E-state index contributed by atoms with van der Waals surface area (Å²) < 4.78 is 11.3. The maximum absolute atomic E-state index is 9.90. The number of hydrogen-bond donors (Lipinski definition) is 3. The predicted octanol–water partition coefficient (Wildman–Crippen LogP) is 0.825. The molecule has 5 nitrogen and oxygen atoms in total. The van der Waals surface area contributed by atoms with Gasteiger partial charge in [-0.15, -0.1) is 6.58 Å². The zero-order chi connectivity index (χ0) is 14.3. The van der Waals surface area contributed by atoms with Gasteiger partial charge in [0.05, 0.1) is 31.5 Å². The van der Waals surface area contributed by atoms with Crippen LogP contribution in [0.5, 0.6) is 0 Å². The van der Waals surface area contributed by atoms with E-state index < -0.39 is 18.5 Å². The lowest BCUT2D eigenvalue weighted by atomic mass is 9.93. The minimum absolute atomic E-state index is 0.0769. The van der Waals surface area contributed by atoms with Crippen molar-refractivity contribution in [1.29, 1.82) is 0 Å². The first-order valence-corrected chi connectivity index (χ1v) is 6.94. The van der Waals surface area contributed by atoms with Gasteiger partial charge in [-0.3, -0.25) is 0 Å². The van der Waals surface area contributed by atoms with E-state index in [0.717, 1.165) is 19.3 Å². The smallest absolute Gasteiger partial charge is 0.161 e. The molecule has 0 aromatic heterocycles. The van der Waals surface area contributed by atoms with Gasteiger partial charge in [-0.05, 0) is 19.3 Å². The molecule has 0 bridgehead atoms. The van der Waals surface area contributed by atoms with Gasteiger partial charge in [-0.2, -0.15) is 0 Å². The van der Waals surface area contributed by atoms with Crippen molar-refractivity contribution in [3.8, 4) is 0 Å². The number of allylic oxidation sites excluding steroid dienone is 1. The van der Waals surface area contributed by atoms with Crippen molar-refractivity contribution in [2.45, 2.75) is 57.2 Å². The van der Waals surface area contributed by atoms with Crippen LogP contribution in [0.1, 0.15) is 32.6 Å². The fourth-order valence-corrected chi connectivity index (χ4v) is 2.24. The lowest BCUT2D eigenvalue weighted by molar-refractivity contribution is -0.258. The highest BCUT2D eigenvalue weighted by atomic mass is 16.7. The van der Waals surface area contributed by atoms with Gasteiger partial charge in [0.15, 0.2) is 6.29 Å². The second kappa shape index (κ2) is 8.66. The van der Waals surface area contributed by atoms with Gasteiger partial charge in [0.2, 0.25) is 0 Å². The van der Waals surface area contributed by atoms with Gasteiger partial charge in [-0.25, -0.2) is 0 Å². The third kappa shape index (κ3) is 5.20. The fraction of sp³-hybridized carbons (Fsp3) is 0.857. The van der Waals surface area contributed by atoms with Gasteiger partial charge in [-0.1, -0.05) is 13.0 Å². The number of ether oxygens (including phenoxy) is 2. The number of aliphatic hydroxyl groups excluding tert-OH is 3. The fourth-order valence-electron chi connectivity index (χ4n) is 2.24. The molecule has 5 heteroatoms. The molecule has 112 valence electrons. The number of aliphatic hydroxyl groups is 3. The first kappa shape index (κ1) is 16.6. The summed E-state index contributed by atoms with van der Waals surface area (Å²) in [6.45, 7) is 5.27. The molecule has 0 amide bonds. The van der Waals surface area contributed by atoms with E-state index in [9.17, 15) is 15.3 Å². The van der Waals surface area contributed by atoms with E-state index in [1.54, 1.807) is 0 Å². The molecular formula is C14H26O5. The van der Waals surface area contributed by atoms with E-state index in [1.165, 1.54) is 0 Å². The Labute approximate surface area is 114 Å². The Balaban J connectivity index is 2.43. The van der Waals surface area contributed by atoms with Crippen LogP contribution in [0.3, 0.4) is 0 Å². The molecule has 0 aliphatic carbocycles. The molecule has 0 spiro atoms. The molecule has 0 saturated carbocycles. The van der Waals surface area contributed by atoms with Crippen LogP contribution in [-0.4, -0.2) is 53.1 Å². The third-order valence-corrected chi connectivity index (χ3v) is 3.62. The van der Waals surface area contributed by atoms with E-state index in [-0.39, 0.29) is 25.2 Å². The van der Waals surface area contributed by atoms with Gasteiger partial charge < -0.3 is 24.8 Å². The van der Waals surface area contributed by atoms with Crippen molar-refractivity contribution in [1.82, 2.24) is 0 Å². The minimum atomic E-state index is -0.566. The normalized spacial score (nSPS) is 33.1. The summed E-state index contributed by atoms with van der Waals surface area (Å²) >= 11 is 0. The number of unbranched alkanes of at least 4 members (excludes halogenated alkanes) is 1. The van der Waals surface area contributed by atoms with Crippen molar-refractivity contribution in [3.63, 3.8) is 0 Å². The Morgan fingerprint density at radius 1 is 1.47 bits per heavy atom. The summed E-state index contributed by atoms with van der Waals surface area (Å²) in [4.78, 5) is 0. The molecule has 3 N–H and O–H groups in total. The largest absolute Gasteiger partial charge is 0.394 e. The first-order valence-electron chi connectivity index (χ1n) is 6.94. The molecule has 4 unspecified atom stereocenters. The highest BCUT2D eigenvalue weighted by molar-refractivity contribution is 4.80. The first-order chi connectivity index (χ1) is 9.12. The van der Waals surface area contributed by atoms with Crippen LogP contribution in [0.4, 0.5) is 0 Å². The van der Waals surface area contributed by atoms with Gasteiger partial charge >= 0.3 is 0 Å². The Kier molecular flexibility index (Phi) is 7.56. The van der Waals surface area contributed by atoms with Crippen LogP contribution in [0.25, 0.3) is 0 Å². The quantitative estimate of drug-likeness (QED) is 0.451. The molecule has 1 aliphatic rings. The van der Waals surface area contributed by atoms with Crippen molar-refractivity contribution in [3.05, 3.63) is 12.7 Å². The van der Waals surface area contributed by atoms with Gasteiger partial charge in [0.1, 0.15) is 0 Å². The van der Waals surface area contributed by atoms with Crippen LogP contribution in [-0.2, 0) is 9.47 Å². The Hall–Kier alpha value is -0.460. The van der Waals surface area contributed by atoms with Gasteiger partial charge in [0.25, 0.3) is 0 Å². The molecular weight excluding hydrogens is 248 g/mol. The molecule has 1 fully saturated rings. The second-order valence-corrected chi connectivity index (χ2v) is 5.11. The van der Waals surface area contributed by atoms with Crippen molar-refractivity contribution in [2.75, 3.05) is 13.2 Å². The van der Waals surface area contributed by atoms with Crippen LogP contribution in [0.2, 0.25) is 0 Å². The maximum atomic E-state index is 9.90. The standard InChI is InChI=1S/C14H26O5/c1-3-4-5-6-11(8-15)18-14-7-12(17)10(2)13(9-16)19-14/h3,10-17H,1,4-9H2,2H3/t10-,11?,12?,13?,14?/m0/s1. The van der Waals surface area contributed by atoms with Crippen molar-refractivity contribution >= 4 is 0 Å². The topological polar surface area (TPSA) is 79.2 Å². The highest BCUT2D eigenvalue weighted by Crippen LogP contribution is 2.27. The summed E-state index contributed by atoms with van der Waals surface area (Å²) in [5.74, 6) is -0.113. The van der Waals surface area contributed by atoms with E-state index >= 15 is 0 Å². The summed E-state index contributed by atoms with van der Waals surface area (Å²) in [6, 6.07) is 0. The molecule has 1 aliphatic heterocycles. The van der Waals surface area contributed by atoms with E-state index in [1.807, 2.05) is 13.0 Å². The van der Waals surface area contributed by atoms with Crippen molar-refractivity contribution in [2.24, 2.45) is 5.92 Å². The lowest BCUT2D eigenvalue weighted by Crippen LogP contribution is -2.46. The molecule has 0 radical (unpaired) electrons. The molecule has 0 aromatic rings. The highest BCUT2D eigenvalue weighted by Gasteiger charge is 2.35. The third-order valence-electron chi connectivity index (χ3n) is 3.62. The summed E-state index contributed by atoms with van der Waals surface area (Å²) in [7, 11) is 0. The molecule has 1 rings (SSSR count). The summed E-state index contributed by atoms with van der Waals surface area (Å²) in [5.41, 5.74) is 0. The monoisotopic (exact) mass is 274 g/mol. The zero-order valence-corrected chi connectivity index (χ0v) is 11.6. The zero-order valence-electron chi connectivity index (χ0n) is 11.6. The Morgan fingerprint density at radius 3 is 2.79 bits per heavy atom. The Morgan fingerprint density at radius 2 is 2.21 bits per heavy atom. The molecule has 1 heterocycles. The lowest BCUT2D eigenvalue weighted by Gasteiger charge is -2.38. The number of hydrogen-bond acceptors (Lipinski definition) is 5. The maximum Gasteiger partial charge on any atom is 0.161 e. The molecule has 5 atom stereocenters. The molecule has 0 aromatic carbocycles. The molecule has 19 heavy (non-hydrogen) atoms. The van der Waals surface area contributed by atoms with Gasteiger partial charge in [0, 0.05) is 12.3 Å². The van der Waals surface area contributed by atoms with Crippen molar-refractivity contribution < 1.29 is 24.8 Å². The van der Waals surface area contributed by atoms with Crippen LogP contribution < -0.4 is 0 Å². The van der Waals surface area contributed by atoms with E-state index in [4.69, 9.17) is 9.47 Å². The minimum Gasteiger partial charge on any atom is -0.394 e. The average molecular weight is 274 g/mol. The SMILES string of the molecule is C=CCCCC(CO)OC1CC(O)[C@H](C)C(CO)O1. The number of rotatable bonds is 8. The van der Waals surface area contributed by atoms with Crippen LogP contribution in [0, 0.1) is 5.92 Å². The Bertz CT molecular complexity index is 258. The van der Waals surface area contributed by atoms with E-state index in [2.05, 4.69) is 6.58 Å². The average Bonchev–Trinajstić information content (AvgIpc) is 2.41. The van der Waals surface area contributed by atoms with Crippen LogP contribution >= 0.6 is 0 Å². The summed E-state index contributed by atoms with van der Waals surface area (Å²) in [5, 5.41) is 28.4. The summed E-state index contributed by atoms with van der Waals surface area (Å²) in [6.07, 6.45) is 2.86.